The van der Waals surface area contributed by atoms with Gasteiger partial charge in [-0.15, -0.1) is 11.3 Å². The molecular formula is C12H7Cl2IOS. The van der Waals surface area contributed by atoms with Gasteiger partial charge in [-0.1, -0.05) is 23.2 Å². The van der Waals surface area contributed by atoms with Crippen LogP contribution in [0.15, 0.2) is 24.3 Å². The molecule has 1 aromatic carbocycles. The molecule has 0 N–H and O–H groups in total. The monoisotopic (exact) mass is 396 g/mol. The zero-order chi connectivity index (χ0) is 12.6. The minimum absolute atomic E-state index is 0.0306. The van der Waals surface area contributed by atoms with Gasteiger partial charge < -0.3 is 0 Å². The lowest BCUT2D eigenvalue weighted by molar-refractivity contribution is 0.104. The first-order chi connectivity index (χ1) is 7.99. The van der Waals surface area contributed by atoms with Crippen LogP contribution in [-0.4, -0.2) is 5.78 Å². The van der Waals surface area contributed by atoms with Crippen molar-refractivity contribution >= 4 is 62.9 Å². The fourth-order valence-corrected chi connectivity index (χ4v) is 3.28. The molecule has 0 aliphatic rings. The van der Waals surface area contributed by atoms with Gasteiger partial charge in [0.15, 0.2) is 0 Å². The number of hydrogen-bond acceptors (Lipinski definition) is 2. The third kappa shape index (κ3) is 2.84. The maximum atomic E-state index is 12.3. The van der Waals surface area contributed by atoms with Crippen LogP contribution < -0.4 is 0 Å². The van der Waals surface area contributed by atoms with E-state index < -0.39 is 0 Å². The van der Waals surface area contributed by atoms with Crippen molar-refractivity contribution < 1.29 is 4.79 Å². The van der Waals surface area contributed by atoms with Gasteiger partial charge in [0.25, 0.3) is 0 Å². The summed E-state index contributed by atoms with van der Waals surface area (Å²) in [6.45, 7) is 1.89. The van der Waals surface area contributed by atoms with Crippen LogP contribution in [-0.2, 0) is 0 Å². The summed E-state index contributed by atoms with van der Waals surface area (Å²) >= 11 is 15.3. The number of ketones is 1. The van der Waals surface area contributed by atoms with Gasteiger partial charge in [0.05, 0.1) is 9.21 Å². The molecule has 5 heteroatoms. The molecule has 2 aromatic rings. The highest BCUT2D eigenvalue weighted by Gasteiger charge is 2.16. The quantitative estimate of drug-likeness (QED) is 0.503. The van der Waals surface area contributed by atoms with Gasteiger partial charge in [-0.05, 0) is 59.3 Å². The Kier molecular flexibility index (Phi) is 4.13. The van der Waals surface area contributed by atoms with Gasteiger partial charge in [0.1, 0.15) is 0 Å². The number of carbonyl (C=O) groups excluding carboxylic acids is 1. The Morgan fingerprint density at radius 1 is 1.29 bits per heavy atom. The van der Waals surface area contributed by atoms with Crippen LogP contribution in [0.1, 0.15) is 20.8 Å². The lowest BCUT2D eigenvalue weighted by Crippen LogP contribution is -2.01. The second-order valence-electron chi connectivity index (χ2n) is 3.52. The molecule has 0 amide bonds. The van der Waals surface area contributed by atoms with E-state index >= 15 is 0 Å². The molecule has 0 atom stereocenters. The van der Waals surface area contributed by atoms with Gasteiger partial charge in [-0.2, -0.15) is 0 Å². The molecular weight excluding hydrogens is 390 g/mol. The highest BCUT2D eigenvalue weighted by molar-refractivity contribution is 14.1. The summed E-state index contributed by atoms with van der Waals surface area (Å²) in [6.07, 6.45) is 0. The Morgan fingerprint density at radius 3 is 2.59 bits per heavy atom. The van der Waals surface area contributed by atoms with Crippen LogP contribution in [0.2, 0.25) is 9.36 Å². The number of hydrogen-bond donors (Lipinski definition) is 0. The van der Waals surface area contributed by atoms with Crippen molar-refractivity contribution in [3.05, 3.63) is 53.2 Å². The highest BCUT2D eigenvalue weighted by Crippen LogP contribution is 2.30. The Balaban J connectivity index is 2.47. The Bertz CT molecular complexity index is 573. The molecule has 0 fully saturated rings. The normalized spacial score (nSPS) is 10.6. The van der Waals surface area contributed by atoms with Crippen LogP contribution >= 0.6 is 57.1 Å². The lowest BCUT2D eigenvalue weighted by atomic mass is 10.1. The Hall–Kier alpha value is -0.100. The van der Waals surface area contributed by atoms with E-state index in [9.17, 15) is 4.79 Å². The van der Waals surface area contributed by atoms with E-state index in [1.165, 1.54) is 11.3 Å². The van der Waals surface area contributed by atoms with Crippen molar-refractivity contribution in [3.63, 3.8) is 0 Å². The van der Waals surface area contributed by atoms with E-state index in [1.807, 2.05) is 19.1 Å². The predicted molar refractivity (Wildman–Crippen MR) is 81.7 cm³/mol. The van der Waals surface area contributed by atoms with Crippen LogP contribution in [0.3, 0.4) is 0 Å². The molecule has 0 radical (unpaired) electrons. The van der Waals surface area contributed by atoms with Crippen molar-refractivity contribution in [2.45, 2.75) is 6.92 Å². The minimum atomic E-state index is -0.0306. The summed E-state index contributed by atoms with van der Waals surface area (Å²) in [5, 5.41) is 0.563. The van der Waals surface area contributed by atoms with E-state index in [1.54, 1.807) is 12.1 Å². The molecule has 0 unspecified atom stereocenters. The summed E-state index contributed by atoms with van der Waals surface area (Å²) in [5.41, 5.74) is 1.55. The van der Waals surface area contributed by atoms with Crippen LogP contribution in [0, 0.1) is 10.5 Å². The van der Waals surface area contributed by atoms with E-state index in [0.717, 1.165) is 9.13 Å². The first kappa shape index (κ1) is 13.3. The van der Waals surface area contributed by atoms with Crippen LogP contribution in [0.25, 0.3) is 0 Å². The number of benzene rings is 1. The summed E-state index contributed by atoms with van der Waals surface area (Å²) in [6, 6.07) is 7.10. The van der Waals surface area contributed by atoms with E-state index in [0.29, 0.717) is 19.8 Å². The molecule has 88 valence electrons. The van der Waals surface area contributed by atoms with Crippen LogP contribution in [0.5, 0.6) is 0 Å². The fourth-order valence-electron chi connectivity index (χ4n) is 1.38. The molecule has 1 nitrogen and oxygen atoms in total. The van der Waals surface area contributed by atoms with Crippen molar-refractivity contribution in [1.29, 1.82) is 0 Å². The fraction of sp³-hybridized carbons (Fsp3) is 0.0833. The molecule has 0 saturated carbocycles. The molecule has 0 saturated heterocycles. The first-order valence-electron chi connectivity index (χ1n) is 4.74. The standard InChI is InChI=1S/C12H7Cl2IOS/c1-6-4-10(17-12(6)14)11(16)8-5-7(13)2-3-9(8)15/h2-5H,1H3. The number of aryl methyl sites for hydroxylation is 1. The molecule has 1 aromatic heterocycles. The Morgan fingerprint density at radius 2 is 2.00 bits per heavy atom. The van der Waals surface area contributed by atoms with Gasteiger partial charge in [-0.25, -0.2) is 0 Å². The van der Waals surface area contributed by atoms with E-state index in [4.69, 9.17) is 23.2 Å². The summed E-state index contributed by atoms with van der Waals surface area (Å²) in [7, 11) is 0. The maximum Gasteiger partial charge on any atom is 0.204 e. The number of carbonyl (C=O) groups is 1. The second-order valence-corrected chi connectivity index (χ2v) is 6.77. The lowest BCUT2D eigenvalue weighted by Gasteiger charge is -2.02. The molecule has 0 aliphatic carbocycles. The zero-order valence-electron chi connectivity index (χ0n) is 8.76. The van der Waals surface area contributed by atoms with E-state index in [-0.39, 0.29) is 5.78 Å². The number of rotatable bonds is 2. The Labute approximate surface area is 127 Å². The summed E-state index contributed by atoms with van der Waals surface area (Å²) in [5.74, 6) is -0.0306. The van der Waals surface area contributed by atoms with E-state index in [2.05, 4.69) is 22.6 Å². The van der Waals surface area contributed by atoms with Crippen molar-refractivity contribution in [2.24, 2.45) is 0 Å². The number of thiophene rings is 1. The topological polar surface area (TPSA) is 17.1 Å². The average Bonchev–Trinajstić information content (AvgIpc) is 2.62. The van der Waals surface area contributed by atoms with Gasteiger partial charge >= 0.3 is 0 Å². The third-order valence-corrected chi connectivity index (χ3v) is 4.98. The zero-order valence-corrected chi connectivity index (χ0v) is 13.2. The largest absolute Gasteiger partial charge is 0.288 e. The number of halogens is 3. The van der Waals surface area contributed by atoms with Gasteiger partial charge in [0.2, 0.25) is 5.78 Å². The average molecular weight is 397 g/mol. The highest BCUT2D eigenvalue weighted by atomic mass is 127. The molecule has 0 spiro atoms. The van der Waals surface area contributed by atoms with Gasteiger partial charge in [-0.3, -0.25) is 4.79 Å². The first-order valence-corrected chi connectivity index (χ1v) is 7.40. The minimum Gasteiger partial charge on any atom is -0.288 e. The van der Waals surface area contributed by atoms with Gasteiger partial charge in [0, 0.05) is 14.2 Å². The maximum absolute atomic E-state index is 12.3. The van der Waals surface area contributed by atoms with Crippen molar-refractivity contribution in [1.82, 2.24) is 0 Å². The molecule has 0 aliphatic heterocycles. The summed E-state index contributed by atoms with van der Waals surface area (Å²) < 4.78 is 1.55. The molecule has 2 rings (SSSR count). The molecule has 17 heavy (non-hydrogen) atoms. The molecule has 0 bridgehead atoms. The third-order valence-electron chi connectivity index (χ3n) is 2.25. The smallest absolute Gasteiger partial charge is 0.204 e. The van der Waals surface area contributed by atoms with Crippen LogP contribution in [0.4, 0.5) is 0 Å². The predicted octanol–water partition coefficient (Wildman–Crippen LogP) is 5.20. The van der Waals surface area contributed by atoms with Crippen molar-refractivity contribution in [3.8, 4) is 0 Å². The second kappa shape index (κ2) is 5.26. The summed E-state index contributed by atoms with van der Waals surface area (Å²) in [4.78, 5) is 12.9. The SMILES string of the molecule is Cc1cc(C(=O)c2cc(Cl)ccc2I)sc1Cl. The van der Waals surface area contributed by atoms with Crippen molar-refractivity contribution in [2.75, 3.05) is 0 Å². The molecule has 1 heterocycles.